The van der Waals surface area contributed by atoms with Gasteiger partial charge in [-0.1, -0.05) is 13.3 Å². The van der Waals surface area contributed by atoms with Gasteiger partial charge in [0.15, 0.2) is 0 Å². The van der Waals surface area contributed by atoms with Gasteiger partial charge in [0.2, 0.25) is 0 Å². The molecule has 0 spiro atoms. The Morgan fingerprint density at radius 1 is 1.06 bits per heavy atom. The number of amides is 1. The summed E-state index contributed by atoms with van der Waals surface area (Å²) in [5.41, 5.74) is 5.95. The zero-order valence-electron chi connectivity index (χ0n) is 21.1. The van der Waals surface area contributed by atoms with Crippen molar-refractivity contribution in [1.82, 2.24) is 24.6 Å². The SMILES string of the molecule is CCCCN(c1cc(OC)cc(C(=O)N2CCCC2)c1)c1ccc2ncc(-c3cnn(C)c3)nc2c1. The number of methoxy groups -OCH3 is 1. The fourth-order valence-electron chi connectivity index (χ4n) is 4.67. The standard InChI is InChI=1S/C28H32N6O2/c1-4-5-12-34(23-13-20(14-24(15-23)36-3)28(35)33-10-6-7-11-33)22-8-9-25-26(16-22)31-27(18-29-25)21-17-30-32(2)19-21/h8-9,13-19H,4-7,10-12H2,1-3H3. The molecule has 8 nitrogen and oxygen atoms in total. The highest BCUT2D eigenvalue weighted by Crippen LogP contribution is 2.33. The number of nitrogens with zero attached hydrogens (tertiary/aromatic N) is 6. The Hall–Kier alpha value is -3.94. The van der Waals surface area contributed by atoms with Gasteiger partial charge in [0, 0.05) is 61.4 Å². The van der Waals surface area contributed by atoms with E-state index in [4.69, 9.17) is 9.72 Å². The van der Waals surface area contributed by atoms with E-state index in [1.807, 2.05) is 42.4 Å². The van der Waals surface area contributed by atoms with Gasteiger partial charge in [0.1, 0.15) is 5.75 Å². The van der Waals surface area contributed by atoms with Crippen molar-refractivity contribution in [3.63, 3.8) is 0 Å². The number of carbonyl (C=O) groups excluding carboxylic acids is 1. The number of aryl methyl sites for hydroxylation is 1. The summed E-state index contributed by atoms with van der Waals surface area (Å²) in [5.74, 6) is 0.740. The molecule has 1 aliphatic heterocycles. The molecule has 8 heteroatoms. The van der Waals surface area contributed by atoms with Crippen molar-refractivity contribution in [2.45, 2.75) is 32.6 Å². The van der Waals surface area contributed by atoms with E-state index in [9.17, 15) is 4.79 Å². The highest BCUT2D eigenvalue weighted by Gasteiger charge is 2.22. The molecule has 2 aromatic carbocycles. The topological polar surface area (TPSA) is 76.4 Å². The lowest BCUT2D eigenvalue weighted by molar-refractivity contribution is 0.0792. The van der Waals surface area contributed by atoms with E-state index in [1.54, 1.807) is 24.2 Å². The number of ether oxygens (including phenoxy) is 1. The van der Waals surface area contributed by atoms with Crippen molar-refractivity contribution < 1.29 is 9.53 Å². The number of likely N-dealkylation sites (tertiary alicyclic amines) is 1. The first-order valence-electron chi connectivity index (χ1n) is 12.6. The summed E-state index contributed by atoms with van der Waals surface area (Å²) < 4.78 is 7.37. The highest BCUT2D eigenvalue weighted by atomic mass is 16.5. The lowest BCUT2D eigenvalue weighted by atomic mass is 10.1. The molecule has 0 atom stereocenters. The Balaban J connectivity index is 1.55. The van der Waals surface area contributed by atoms with E-state index >= 15 is 0 Å². The number of hydrogen-bond donors (Lipinski definition) is 0. The van der Waals surface area contributed by atoms with Gasteiger partial charge in [-0.2, -0.15) is 5.10 Å². The van der Waals surface area contributed by atoms with Gasteiger partial charge in [0.05, 0.1) is 36.2 Å². The molecule has 1 saturated heterocycles. The van der Waals surface area contributed by atoms with Gasteiger partial charge in [0.25, 0.3) is 5.91 Å². The first kappa shape index (κ1) is 23.8. The molecule has 3 heterocycles. The number of unbranched alkanes of at least 4 members (excludes halogenated alkanes) is 1. The maximum atomic E-state index is 13.2. The monoisotopic (exact) mass is 484 g/mol. The van der Waals surface area contributed by atoms with Crippen LogP contribution in [0.2, 0.25) is 0 Å². The summed E-state index contributed by atoms with van der Waals surface area (Å²) in [6.07, 6.45) is 9.69. The number of anilines is 2. The smallest absolute Gasteiger partial charge is 0.254 e. The average Bonchev–Trinajstić information content (AvgIpc) is 3.60. The Labute approximate surface area is 211 Å². The van der Waals surface area contributed by atoms with Crippen LogP contribution >= 0.6 is 0 Å². The molecule has 0 radical (unpaired) electrons. The number of carbonyl (C=O) groups is 1. The number of benzene rings is 2. The molecule has 36 heavy (non-hydrogen) atoms. The lowest BCUT2D eigenvalue weighted by Crippen LogP contribution is -2.28. The van der Waals surface area contributed by atoms with E-state index in [1.165, 1.54) is 0 Å². The van der Waals surface area contributed by atoms with Crippen LogP contribution in [0.25, 0.3) is 22.3 Å². The summed E-state index contributed by atoms with van der Waals surface area (Å²) in [5, 5.41) is 4.26. The average molecular weight is 485 g/mol. The van der Waals surface area contributed by atoms with Crippen molar-refractivity contribution in [1.29, 1.82) is 0 Å². The first-order chi connectivity index (χ1) is 17.6. The Kier molecular flexibility index (Phi) is 6.84. The summed E-state index contributed by atoms with van der Waals surface area (Å²) >= 11 is 0. The van der Waals surface area contributed by atoms with E-state index in [2.05, 4.69) is 34.0 Å². The van der Waals surface area contributed by atoms with Crippen LogP contribution in [0.1, 0.15) is 43.0 Å². The predicted molar refractivity (Wildman–Crippen MR) is 142 cm³/mol. The molecule has 0 bridgehead atoms. The number of hydrogen-bond acceptors (Lipinski definition) is 6. The molecular formula is C28H32N6O2. The van der Waals surface area contributed by atoms with Crippen molar-refractivity contribution in [3.8, 4) is 17.0 Å². The zero-order valence-corrected chi connectivity index (χ0v) is 21.1. The van der Waals surface area contributed by atoms with Gasteiger partial charge >= 0.3 is 0 Å². The quantitative estimate of drug-likeness (QED) is 0.342. The van der Waals surface area contributed by atoms with Crippen molar-refractivity contribution in [2.24, 2.45) is 7.05 Å². The van der Waals surface area contributed by atoms with Crippen LogP contribution in [0.5, 0.6) is 5.75 Å². The Morgan fingerprint density at radius 2 is 1.89 bits per heavy atom. The number of aromatic nitrogens is 4. The van der Waals surface area contributed by atoms with Gasteiger partial charge in [-0.3, -0.25) is 14.5 Å². The fourth-order valence-corrected chi connectivity index (χ4v) is 4.67. The number of fused-ring (bicyclic) bond motifs is 1. The van der Waals surface area contributed by atoms with Gasteiger partial charge in [-0.15, -0.1) is 0 Å². The Morgan fingerprint density at radius 3 is 2.61 bits per heavy atom. The minimum atomic E-state index is 0.0635. The molecule has 0 saturated carbocycles. The van der Waals surface area contributed by atoms with E-state index < -0.39 is 0 Å². The highest BCUT2D eigenvalue weighted by molar-refractivity contribution is 5.96. The molecule has 186 valence electrons. The van der Waals surface area contributed by atoms with Crippen LogP contribution < -0.4 is 9.64 Å². The van der Waals surface area contributed by atoms with Crippen LogP contribution in [0.15, 0.2) is 55.0 Å². The molecule has 1 aliphatic rings. The molecule has 1 amide bonds. The second-order valence-electron chi connectivity index (χ2n) is 9.26. The third-order valence-corrected chi connectivity index (χ3v) is 6.65. The summed E-state index contributed by atoms with van der Waals surface area (Å²) in [6, 6.07) is 12.0. The number of rotatable bonds is 8. The third kappa shape index (κ3) is 4.89. The van der Waals surface area contributed by atoms with Gasteiger partial charge < -0.3 is 14.5 Å². The predicted octanol–water partition coefficient (Wildman–Crippen LogP) is 5.21. The normalized spacial score (nSPS) is 13.4. The second-order valence-corrected chi connectivity index (χ2v) is 9.26. The van der Waals surface area contributed by atoms with Crippen molar-refractivity contribution >= 4 is 28.3 Å². The van der Waals surface area contributed by atoms with Crippen LogP contribution in [-0.2, 0) is 7.05 Å². The van der Waals surface area contributed by atoms with Gasteiger partial charge in [-0.05, 0) is 49.6 Å². The largest absolute Gasteiger partial charge is 0.497 e. The zero-order chi connectivity index (χ0) is 25.1. The molecule has 4 aromatic rings. The molecule has 2 aromatic heterocycles. The summed E-state index contributed by atoms with van der Waals surface area (Å²) in [4.78, 5) is 26.9. The summed E-state index contributed by atoms with van der Waals surface area (Å²) in [7, 11) is 3.53. The lowest BCUT2D eigenvalue weighted by Gasteiger charge is -2.27. The van der Waals surface area contributed by atoms with Crippen LogP contribution in [0.4, 0.5) is 11.4 Å². The minimum Gasteiger partial charge on any atom is -0.497 e. The molecule has 1 fully saturated rings. The van der Waals surface area contributed by atoms with Crippen LogP contribution in [0.3, 0.4) is 0 Å². The van der Waals surface area contributed by atoms with Crippen LogP contribution in [0, 0.1) is 0 Å². The minimum absolute atomic E-state index is 0.0635. The van der Waals surface area contributed by atoms with E-state index in [0.29, 0.717) is 11.3 Å². The van der Waals surface area contributed by atoms with Crippen molar-refractivity contribution in [2.75, 3.05) is 31.6 Å². The van der Waals surface area contributed by atoms with E-state index in [-0.39, 0.29) is 5.91 Å². The maximum absolute atomic E-state index is 13.2. The maximum Gasteiger partial charge on any atom is 0.254 e. The molecule has 0 unspecified atom stereocenters. The van der Waals surface area contributed by atoms with Crippen molar-refractivity contribution in [3.05, 3.63) is 60.6 Å². The van der Waals surface area contributed by atoms with Crippen LogP contribution in [-0.4, -0.2) is 57.3 Å². The second kappa shape index (κ2) is 10.4. The molecule has 0 aliphatic carbocycles. The fraction of sp³-hybridized carbons (Fsp3) is 0.357. The van der Waals surface area contributed by atoms with E-state index in [0.717, 1.165) is 79.0 Å². The third-order valence-electron chi connectivity index (χ3n) is 6.65. The molecular weight excluding hydrogens is 452 g/mol. The molecule has 0 N–H and O–H groups in total. The molecule has 5 rings (SSSR count). The summed E-state index contributed by atoms with van der Waals surface area (Å²) in [6.45, 7) is 4.61. The van der Waals surface area contributed by atoms with Gasteiger partial charge in [-0.25, -0.2) is 4.98 Å². The first-order valence-corrected chi connectivity index (χ1v) is 12.6. The Bertz CT molecular complexity index is 1380.